The van der Waals surface area contributed by atoms with E-state index in [9.17, 15) is 14.4 Å². The van der Waals surface area contributed by atoms with E-state index >= 15 is 0 Å². The topological polar surface area (TPSA) is 126 Å². The van der Waals surface area contributed by atoms with Crippen LogP contribution in [0.4, 0.5) is 27.7 Å². The highest BCUT2D eigenvalue weighted by molar-refractivity contribution is 5.96. The smallest absolute Gasteiger partial charge is 0.305 e. The Kier molecular flexibility index (Phi) is 5.76. The molecule has 5 rings (SSSR count). The first-order valence-electron chi connectivity index (χ1n) is 11.6. The summed E-state index contributed by atoms with van der Waals surface area (Å²) in [7, 11) is 0. The third kappa shape index (κ3) is 4.25. The van der Waals surface area contributed by atoms with Crippen molar-refractivity contribution >= 4 is 29.2 Å². The van der Waals surface area contributed by atoms with Gasteiger partial charge in [0.05, 0.1) is 29.3 Å². The number of H-pyrrole nitrogens is 1. The van der Waals surface area contributed by atoms with Gasteiger partial charge in [-0.15, -0.1) is 0 Å². The third-order valence-electron chi connectivity index (χ3n) is 6.34. The van der Waals surface area contributed by atoms with Crippen LogP contribution >= 0.6 is 0 Å². The predicted octanol–water partition coefficient (Wildman–Crippen LogP) is 2.94. The first-order chi connectivity index (χ1) is 16.4. The number of carbonyl (C=O) groups excluding carboxylic acids is 1. The van der Waals surface area contributed by atoms with Crippen LogP contribution in [0.1, 0.15) is 56.0 Å². The maximum absolute atomic E-state index is 13.1. The van der Waals surface area contributed by atoms with E-state index in [1.165, 1.54) is 18.3 Å². The van der Waals surface area contributed by atoms with Gasteiger partial charge in [0.1, 0.15) is 6.04 Å². The van der Waals surface area contributed by atoms with E-state index in [4.69, 9.17) is 9.97 Å². The first-order valence-corrected chi connectivity index (χ1v) is 11.6. The fourth-order valence-corrected chi connectivity index (χ4v) is 4.52. The molecule has 0 saturated carbocycles. The van der Waals surface area contributed by atoms with Gasteiger partial charge in [0, 0.05) is 12.1 Å². The lowest BCUT2D eigenvalue weighted by Gasteiger charge is -2.24. The minimum Gasteiger partial charge on any atom is -0.692 e. The Morgan fingerprint density at radius 1 is 1.29 bits per heavy atom. The number of fused-ring (bicyclic) bond motifs is 1. The van der Waals surface area contributed by atoms with Crippen molar-refractivity contribution in [3.05, 3.63) is 52.5 Å². The molecule has 1 aliphatic heterocycles. The number of pyridine rings is 1. The van der Waals surface area contributed by atoms with Crippen LogP contribution in [-0.2, 0) is 17.6 Å². The number of aryl methyl sites for hydroxylation is 1. The van der Waals surface area contributed by atoms with Gasteiger partial charge < -0.3 is 15.4 Å². The van der Waals surface area contributed by atoms with Crippen LogP contribution in [0.25, 0.3) is 0 Å². The molecule has 1 amide bonds. The van der Waals surface area contributed by atoms with Crippen molar-refractivity contribution in [3.63, 3.8) is 0 Å². The maximum atomic E-state index is 13.1. The zero-order valence-electron chi connectivity index (χ0n) is 19.1. The molecule has 0 unspecified atom stereocenters. The molecule has 0 radical (unpaired) electrons. The van der Waals surface area contributed by atoms with Crippen LogP contribution in [0.2, 0.25) is 0 Å². The summed E-state index contributed by atoms with van der Waals surface area (Å²) in [6.07, 6.45) is 5.39. The number of anilines is 4. The Labute approximate surface area is 196 Å². The molecule has 10 nitrogen and oxygen atoms in total. The minimum atomic E-state index is -0.602. The monoisotopic (exact) mass is 466 g/mol. The number of carbonyl (C=O) groups is 1. The molecular formula is C23H27FN8O2. The molecule has 0 bridgehead atoms. The molecule has 0 spiro atoms. The van der Waals surface area contributed by atoms with Gasteiger partial charge in [0.25, 0.3) is 0 Å². The molecule has 3 N–H and O–H groups in total. The van der Waals surface area contributed by atoms with Crippen molar-refractivity contribution in [2.45, 2.75) is 57.9 Å². The summed E-state index contributed by atoms with van der Waals surface area (Å²) >= 11 is 0. The number of nitrogens with one attached hydrogen (secondary N) is 3. The van der Waals surface area contributed by atoms with E-state index in [-0.39, 0.29) is 11.8 Å². The van der Waals surface area contributed by atoms with E-state index in [0.29, 0.717) is 41.1 Å². The summed E-state index contributed by atoms with van der Waals surface area (Å²) in [5.41, 5.74) is 3.21. The van der Waals surface area contributed by atoms with Crippen molar-refractivity contribution < 1.29 is 14.0 Å². The van der Waals surface area contributed by atoms with Crippen LogP contribution in [0.3, 0.4) is 0 Å². The number of amides is 1. The molecular weight excluding hydrogens is 439 g/mol. The number of nitrogens with zero attached hydrogens (tertiary/aromatic N) is 5. The molecule has 1 fully saturated rings. The average Bonchev–Trinajstić information content (AvgIpc) is 3.55. The van der Waals surface area contributed by atoms with Crippen LogP contribution in [-0.4, -0.2) is 38.5 Å². The standard InChI is InChI=1S/C23H27FN8O2/c1-13(2)17-11-20(32(34)30-17)28-21-15-5-3-6-16(15)27-23(29-21)31-10-4-7-18(31)22(33)26-14-8-9-19(24)25-12-14/h8-9,11-13,18,30H,3-7,10H2,1-2H3,(H,26,33)(H,27,28,29)/t18-/m1/s1. The van der Waals surface area contributed by atoms with Crippen LogP contribution < -0.4 is 20.4 Å². The second kappa shape index (κ2) is 8.88. The normalized spacial score (nSPS) is 17.3. The molecule has 1 atom stereocenters. The summed E-state index contributed by atoms with van der Waals surface area (Å²) in [6, 6.07) is 4.02. The molecule has 11 heteroatoms. The van der Waals surface area contributed by atoms with Gasteiger partial charge in [0.2, 0.25) is 23.6 Å². The number of hydrogen-bond acceptors (Lipinski definition) is 7. The van der Waals surface area contributed by atoms with Gasteiger partial charge >= 0.3 is 5.82 Å². The molecule has 3 aromatic rings. The second-order valence-corrected chi connectivity index (χ2v) is 9.03. The van der Waals surface area contributed by atoms with E-state index in [1.54, 1.807) is 6.07 Å². The van der Waals surface area contributed by atoms with Crippen molar-refractivity contribution in [2.24, 2.45) is 0 Å². The maximum Gasteiger partial charge on any atom is 0.305 e. The fourth-order valence-electron chi connectivity index (χ4n) is 4.52. The van der Waals surface area contributed by atoms with Gasteiger partial charge in [-0.25, -0.2) is 20.4 Å². The molecule has 0 aromatic carbocycles. The summed E-state index contributed by atoms with van der Waals surface area (Å²) in [6.45, 7) is 4.66. The summed E-state index contributed by atoms with van der Waals surface area (Å²) in [4.78, 5) is 28.8. The first kappa shape index (κ1) is 22.1. The summed E-state index contributed by atoms with van der Waals surface area (Å²) in [5, 5.41) is 21.2. The van der Waals surface area contributed by atoms with Crippen molar-refractivity contribution in [1.82, 2.24) is 20.1 Å². The van der Waals surface area contributed by atoms with Crippen LogP contribution in [0, 0.1) is 11.2 Å². The van der Waals surface area contributed by atoms with Gasteiger partial charge in [0.15, 0.2) is 0 Å². The van der Waals surface area contributed by atoms with Crippen LogP contribution in [0.5, 0.6) is 0 Å². The molecule has 178 valence electrons. The molecule has 34 heavy (non-hydrogen) atoms. The van der Waals surface area contributed by atoms with Gasteiger partial charge in [-0.1, -0.05) is 13.8 Å². The largest absolute Gasteiger partial charge is 0.692 e. The Hall–Kier alpha value is -3.76. The lowest BCUT2D eigenvalue weighted by atomic mass is 10.1. The number of hydrogen-bond donors (Lipinski definition) is 3. The molecule has 1 saturated heterocycles. The highest BCUT2D eigenvalue weighted by Crippen LogP contribution is 2.32. The lowest BCUT2D eigenvalue weighted by Crippen LogP contribution is -2.41. The Balaban J connectivity index is 1.42. The summed E-state index contributed by atoms with van der Waals surface area (Å²) < 4.78 is 13.1. The lowest BCUT2D eigenvalue weighted by molar-refractivity contribution is -0.651. The van der Waals surface area contributed by atoms with Crippen molar-refractivity contribution in [2.75, 3.05) is 22.1 Å². The highest BCUT2D eigenvalue weighted by atomic mass is 19.1. The van der Waals surface area contributed by atoms with Gasteiger partial charge in [-0.2, -0.15) is 14.2 Å². The summed E-state index contributed by atoms with van der Waals surface area (Å²) in [5.74, 6) is 0.813. The van der Waals surface area contributed by atoms with E-state index < -0.39 is 12.0 Å². The fraction of sp³-hybridized carbons (Fsp3) is 0.435. The Morgan fingerprint density at radius 2 is 2.15 bits per heavy atom. The zero-order chi connectivity index (χ0) is 23.8. The number of aromatic amines is 1. The molecule has 3 aromatic heterocycles. The number of rotatable bonds is 6. The van der Waals surface area contributed by atoms with Crippen molar-refractivity contribution in [1.29, 1.82) is 0 Å². The second-order valence-electron chi connectivity index (χ2n) is 9.03. The Bertz CT molecular complexity index is 1210. The van der Waals surface area contributed by atoms with Gasteiger partial charge in [-0.3, -0.25) is 4.79 Å². The Morgan fingerprint density at radius 3 is 2.88 bits per heavy atom. The molecule has 1 aliphatic carbocycles. The molecule has 2 aliphatic rings. The number of halogens is 1. The van der Waals surface area contributed by atoms with Gasteiger partial charge in [-0.05, 0) is 50.2 Å². The highest BCUT2D eigenvalue weighted by Gasteiger charge is 2.34. The quantitative estimate of drug-likeness (QED) is 0.290. The average molecular weight is 467 g/mol. The van der Waals surface area contributed by atoms with E-state index in [1.807, 2.05) is 18.7 Å². The predicted molar refractivity (Wildman–Crippen MR) is 124 cm³/mol. The minimum absolute atomic E-state index is 0.183. The van der Waals surface area contributed by atoms with E-state index in [0.717, 1.165) is 42.6 Å². The molecule has 4 heterocycles. The third-order valence-corrected chi connectivity index (χ3v) is 6.34. The zero-order valence-corrected chi connectivity index (χ0v) is 19.1. The number of aromatic nitrogens is 5. The van der Waals surface area contributed by atoms with E-state index in [2.05, 4.69) is 20.7 Å². The SMILES string of the molecule is CC(C)c1cc(Nc2nc(N3CCC[C@@H]3C(=O)Nc3ccc(F)nc3)nc3c2CCC3)[n+]([O-])[nH]1. The van der Waals surface area contributed by atoms with Crippen LogP contribution in [0.15, 0.2) is 24.4 Å². The van der Waals surface area contributed by atoms with Crippen molar-refractivity contribution in [3.8, 4) is 0 Å².